The van der Waals surface area contributed by atoms with Gasteiger partial charge in [0.2, 0.25) is 5.91 Å². The number of carbonyl (C=O) groups excluding carboxylic acids is 1. The van der Waals surface area contributed by atoms with E-state index in [4.69, 9.17) is 4.74 Å². The molecule has 0 saturated carbocycles. The first-order valence-electron chi connectivity index (χ1n) is 4.85. The molecule has 1 heterocycles. The normalized spacial score (nSPS) is 10.4. The van der Waals surface area contributed by atoms with Gasteiger partial charge in [0.25, 0.3) is 0 Å². The van der Waals surface area contributed by atoms with Crippen molar-refractivity contribution in [3.05, 3.63) is 11.4 Å². The number of aryl methyl sites for hydroxylation is 1. The summed E-state index contributed by atoms with van der Waals surface area (Å²) < 4.78 is 13.1. The van der Waals surface area contributed by atoms with Crippen LogP contribution >= 0.6 is 23.5 Å². The largest absolute Gasteiger partial charge is 0.383 e. The Hall–Kier alpha value is -0.660. The van der Waals surface area contributed by atoms with E-state index in [-0.39, 0.29) is 5.91 Å². The standard InChI is InChI=1S/C9H15N3O2S2/c1-7-8(12-16-11-7)5-15-6-9(13)10-3-4-14-2/h3-6H2,1-2H3,(H,10,13). The number of ether oxygens (including phenoxy) is 1. The van der Waals surface area contributed by atoms with Gasteiger partial charge in [0, 0.05) is 19.4 Å². The molecule has 0 spiro atoms. The van der Waals surface area contributed by atoms with Gasteiger partial charge in [0.1, 0.15) is 0 Å². The predicted octanol–water partition coefficient (Wildman–Crippen LogP) is 0.842. The van der Waals surface area contributed by atoms with E-state index in [9.17, 15) is 4.79 Å². The maximum absolute atomic E-state index is 11.3. The van der Waals surface area contributed by atoms with E-state index in [0.717, 1.165) is 17.1 Å². The second-order valence-electron chi connectivity index (χ2n) is 3.13. The second kappa shape index (κ2) is 7.59. The van der Waals surface area contributed by atoms with Gasteiger partial charge in [-0.15, -0.1) is 11.8 Å². The molecule has 1 rings (SSSR count). The molecule has 1 aromatic heterocycles. The van der Waals surface area contributed by atoms with E-state index in [2.05, 4.69) is 14.1 Å². The number of hydrogen-bond donors (Lipinski definition) is 1. The van der Waals surface area contributed by atoms with Crippen LogP contribution < -0.4 is 5.32 Å². The first kappa shape index (κ1) is 13.4. The Labute approximate surface area is 103 Å². The summed E-state index contributed by atoms with van der Waals surface area (Å²) in [7, 11) is 1.61. The molecule has 0 aromatic carbocycles. The Morgan fingerprint density at radius 1 is 1.56 bits per heavy atom. The lowest BCUT2D eigenvalue weighted by molar-refractivity contribution is -0.118. The highest BCUT2D eigenvalue weighted by Crippen LogP contribution is 2.13. The van der Waals surface area contributed by atoms with Gasteiger partial charge in [-0.1, -0.05) is 0 Å². The van der Waals surface area contributed by atoms with Crippen LogP contribution in [0.2, 0.25) is 0 Å². The van der Waals surface area contributed by atoms with Crippen LogP contribution in [0.5, 0.6) is 0 Å². The minimum Gasteiger partial charge on any atom is -0.383 e. The fourth-order valence-corrected chi connectivity index (χ4v) is 2.47. The summed E-state index contributed by atoms with van der Waals surface area (Å²) in [6.07, 6.45) is 0. The third-order valence-corrected chi connectivity index (χ3v) is 3.45. The molecule has 0 aliphatic heterocycles. The van der Waals surface area contributed by atoms with E-state index in [1.807, 2.05) is 6.92 Å². The van der Waals surface area contributed by atoms with Crippen LogP contribution in [0.25, 0.3) is 0 Å². The summed E-state index contributed by atoms with van der Waals surface area (Å²) in [4.78, 5) is 11.3. The number of methoxy groups -OCH3 is 1. The van der Waals surface area contributed by atoms with Crippen molar-refractivity contribution in [2.24, 2.45) is 0 Å². The molecule has 0 radical (unpaired) electrons. The fourth-order valence-electron chi connectivity index (χ4n) is 0.964. The van der Waals surface area contributed by atoms with Gasteiger partial charge in [-0.25, -0.2) is 0 Å². The Morgan fingerprint density at radius 3 is 3.00 bits per heavy atom. The molecule has 0 saturated heterocycles. The van der Waals surface area contributed by atoms with E-state index in [1.54, 1.807) is 18.9 Å². The summed E-state index contributed by atoms with van der Waals surface area (Å²) >= 11 is 2.75. The number of nitrogens with zero attached hydrogens (tertiary/aromatic N) is 2. The first-order valence-corrected chi connectivity index (χ1v) is 6.74. The van der Waals surface area contributed by atoms with Crippen LogP contribution in [0.4, 0.5) is 0 Å². The number of carbonyl (C=O) groups is 1. The van der Waals surface area contributed by atoms with Crippen molar-refractivity contribution in [3.8, 4) is 0 Å². The van der Waals surface area contributed by atoms with Crippen LogP contribution in [0.15, 0.2) is 0 Å². The highest BCUT2D eigenvalue weighted by atomic mass is 32.2. The van der Waals surface area contributed by atoms with Crippen LogP contribution in [0.3, 0.4) is 0 Å². The topological polar surface area (TPSA) is 64.1 Å². The maximum atomic E-state index is 11.3. The lowest BCUT2D eigenvalue weighted by Crippen LogP contribution is -2.28. The van der Waals surface area contributed by atoms with E-state index < -0.39 is 0 Å². The predicted molar refractivity (Wildman–Crippen MR) is 65.7 cm³/mol. The van der Waals surface area contributed by atoms with Gasteiger partial charge in [0.05, 0.1) is 35.5 Å². The fraction of sp³-hybridized carbons (Fsp3) is 0.667. The van der Waals surface area contributed by atoms with Gasteiger partial charge < -0.3 is 10.1 Å². The Bertz CT molecular complexity index is 330. The third-order valence-electron chi connectivity index (χ3n) is 1.85. The molecule has 1 amide bonds. The number of rotatable bonds is 7. The summed E-state index contributed by atoms with van der Waals surface area (Å²) in [5.41, 5.74) is 1.93. The zero-order valence-corrected chi connectivity index (χ0v) is 11.0. The zero-order chi connectivity index (χ0) is 11.8. The van der Waals surface area contributed by atoms with Crippen molar-refractivity contribution in [1.82, 2.24) is 14.1 Å². The maximum Gasteiger partial charge on any atom is 0.230 e. The highest BCUT2D eigenvalue weighted by Gasteiger charge is 2.05. The lowest BCUT2D eigenvalue weighted by Gasteiger charge is -2.03. The van der Waals surface area contributed by atoms with Crippen LogP contribution in [-0.4, -0.2) is 40.7 Å². The molecular weight excluding hydrogens is 246 g/mol. The smallest absolute Gasteiger partial charge is 0.230 e. The van der Waals surface area contributed by atoms with Crippen LogP contribution in [0.1, 0.15) is 11.4 Å². The summed E-state index contributed by atoms with van der Waals surface area (Å²) in [6.45, 7) is 3.04. The van der Waals surface area contributed by atoms with Crippen molar-refractivity contribution >= 4 is 29.4 Å². The van der Waals surface area contributed by atoms with Gasteiger partial charge in [0.15, 0.2) is 0 Å². The summed E-state index contributed by atoms with van der Waals surface area (Å²) in [5, 5.41) is 2.76. The molecule has 0 unspecified atom stereocenters. The number of nitrogens with one attached hydrogen (secondary N) is 1. The van der Waals surface area contributed by atoms with Crippen LogP contribution in [0, 0.1) is 6.92 Å². The number of hydrogen-bond acceptors (Lipinski definition) is 6. The van der Waals surface area contributed by atoms with Crippen molar-refractivity contribution < 1.29 is 9.53 Å². The van der Waals surface area contributed by atoms with Gasteiger partial charge >= 0.3 is 0 Å². The molecule has 0 aliphatic carbocycles. The SMILES string of the molecule is COCCNC(=O)CSCc1nsnc1C. The van der Waals surface area contributed by atoms with Crippen molar-refractivity contribution in [3.63, 3.8) is 0 Å². The first-order chi connectivity index (χ1) is 7.74. The van der Waals surface area contributed by atoms with Crippen molar-refractivity contribution in [2.45, 2.75) is 12.7 Å². The average Bonchev–Trinajstić information content (AvgIpc) is 2.65. The number of thioether (sulfide) groups is 1. The molecule has 0 atom stereocenters. The van der Waals surface area contributed by atoms with E-state index in [0.29, 0.717) is 18.9 Å². The minimum atomic E-state index is 0.0305. The molecule has 0 bridgehead atoms. The number of amides is 1. The van der Waals surface area contributed by atoms with E-state index >= 15 is 0 Å². The molecular formula is C9H15N3O2S2. The zero-order valence-electron chi connectivity index (χ0n) is 9.36. The summed E-state index contributed by atoms with van der Waals surface area (Å²) in [5.74, 6) is 1.21. The van der Waals surface area contributed by atoms with Crippen LogP contribution in [-0.2, 0) is 15.3 Å². The van der Waals surface area contributed by atoms with Crippen molar-refractivity contribution in [2.75, 3.05) is 26.0 Å². The minimum absolute atomic E-state index is 0.0305. The molecule has 1 aromatic rings. The van der Waals surface area contributed by atoms with E-state index in [1.165, 1.54) is 11.7 Å². The second-order valence-corrected chi connectivity index (χ2v) is 4.65. The monoisotopic (exact) mass is 261 g/mol. The van der Waals surface area contributed by atoms with Gasteiger partial charge in [-0.05, 0) is 6.92 Å². The van der Waals surface area contributed by atoms with Gasteiger partial charge in [-0.3, -0.25) is 4.79 Å². The Balaban J connectivity index is 2.11. The number of aromatic nitrogens is 2. The molecule has 5 nitrogen and oxygen atoms in total. The lowest BCUT2D eigenvalue weighted by atomic mass is 10.4. The molecule has 1 N–H and O–H groups in total. The molecule has 0 aliphatic rings. The highest BCUT2D eigenvalue weighted by molar-refractivity contribution is 7.99. The molecule has 7 heteroatoms. The quantitative estimate of drug-likeness (QED) is 0.737. The Morgan fingerprint density at radius 2 is 2.38 bits per heavy atom. The Kier molecular flexibility index (Phi) is 6.36. The molecule has 16 heavy (non-hydrogen) atoms. The molecule has 0 fully saturated rings. The molecule has 90 valence electrons. The third kappa shape index (κ3) is 4.91. The average molecular weight is 261 g/mol. The van der Waals surface area contributed by atoms with Crippen molar-refractivity contribution in [1.29, 1.82) is 0 Å². The van der Waals surface area contributed by atoms with Gasteiger partial charge in [-0.2, -0.15) is 8.75 Å². The summed E-state index contributed by atoms with van der Waals surface area (Å²) in [6, 6.07) is 0.